The number of rotatable bonds is 5. The monoisotopic (exact) mass is 275 g/mol. The third-order valence-corrected chi connectivity index (χ3v) is 2.60. The molecule has 0 fully saturated rings. The number of ether oxygens (including phenoxy) is 2. The predicted octanol–water partition coefficient (Wildman–Crippen LogP) is 1.70. The van der Waals surface area contributed by atoms with Crippen molar-refractivity contribution in [2.45, 2.75) is 6.61 Å². The summed E-state index contributed by atoms with van der Waals surface area (Å²) in [5.41, 5.74) is 6.90. The van der Waals surface area contributed by atoms with Crippen LogP contribution in [-0.2, 0) is 6.61 Å². The third kappa shape index (κ3) is 3.38. The van der Waals surface area contributed by atoms with Crippen molar-refractivity contribution >= 4 is 17.2 Å². The molecule has 0 spiro atoms. The maximum absolute atomic E-state index is 5.59. The molecule has 0 aliphatic rings. The molecule has 0 bridgehead atoms. The minimum atomic E-state index is 0.161. The zero-order valence-electron chi connectivity index (χ0n) is 10.4. The van der Waals surface area contributed by atoms with Crippen LogP contribution in [0.3, 0.4) is 0 Å². The highest BCUT2D eigenvalue weighted by Gasteiger charge is 2.09. The van der Waals surface area contributed by atoms with E-state index in [0.29, 0.717) is 18.2 Å². The van der Waals surface area contributed by atoms with Crippen molar-refractivity contribution in [3.05, 3.63) is 47.9 Å². The average Bonchev–Trinajstić information content (AvgIpc) is 2.45. The van der Waals surface area contributed by atoms with Gasteiger partial charge in [0.25, 0.3) is 0 Å². The summed E-state index contributed by atoms with van der Waals surface area (Å²) < 4.78 is 10.7. The molecule has 6 heteroatoms. The Morgan fingerprint density at radius 3 is 2.84 bits per heavy atom. The Bertz CT molecular complexity index is 590. The van der Waals surface area contributed by atoms with Gasteiger partial charge in [-0.1, -0.05) is 24.4 Å². The Morgan fingerprint density at radius 2 is 2.11 bits per heavy atom. The van der Waals surface area contributed by atoms with E-state index >= 15 is 0 Å². The fourth-order valence-electron chi connectivity index (χ4n) is 1.51. The van der Waals surface area contributed by atoms with Crippen molar-refractivity contribution in [1.82, 2.24) is 9.97 Å². The smallest absolute Gasteiger partial charge is 0.243 e. The van der Waals surface area contributed by atoms with Crippen LogP contribution in [0, 0.1) is 0 Å². The minimum absolute atomic E-state index is 0.161. The van der Waals surface area contributed by atoms with Crippen molar-refractivity contribution in [3.63, 3.8) is 0 Å². The second-order valence-corrected chi connectivity index (χ2v) is 4.15. The molecule has 0 radical (unpaired) electrons. The molecule has 1 heterocycles. The lowest BCUT2D eigenvalue weighted by Gasteiger charge is -2.09. The first-order valence-electron chi connectivity index (χ1n) is 5.57. The number of hydrogen-bond acceptors (Lipinski definition) is 5. The highest BCUT2D eigenvalue weighted by Crippen LogP contribution is 2.16. The van der Waals surface area contributed by atoms with Gasteiger partial charge in [-0.2, -0.15) is 0 Å². The number of aromatic nitrogens is 2. The molecule has 0 amide bonds. The van der Waals surface area contributed by atoms with Crippen molar-refractivity contribution in [1.29, 1.82) is 0 Å². The van der Waals surface area contributed by atoms with Gasteiger partial charge in [-0.15, -0.1) is 0 Å². The molecule has 98 valence electrons. The summed E-state index contributed by atoms with van der Waals surface area (Å²) >= 11 is 4.90. The van der Waals surface area contributed by atoms with E-state index in [2.05, 4.69) is 9.97 Å². The first-order chi connectivity index (χ1) is 9.20. The zero-order valence-corrected chi connectivity index (χ0v) is 11.2. The molecular formula is C13H13N3O2S. The van der Waals surface area contributed by atoms with E-state index in [1.807, 2.05) is 24.3 Å². The van der Waals surface area contributed by atoms with Gasteiger partial charge in [-0.3, -0.25) is 0 Å². The molecule has 0 aliphatic carbocycles. The molecule has 2 aromatic rings. The molecule has 0 saturated heterocycles. The Morgan fingerprint density at radius 1 is 1.32 bits per heavy atom. The molecule has 0 saturated carbocycles. The maximum Gasteiger partial charge on any atom is 0.243 e. The number of thiocarbonyl (C=S) groups is 1. The van der Waals surface area contributed by atoms with Crippen LogP contribution >= 0.6 is 12.2 Å². The Balaban J connectivity index is 2.12. The Kier molecular flexibility index (Phi) is 4.25. The molecule has 1 aromatic carbocycles. The van der Waals surface area contributed by atoms with Crippen molar-refractivity contribution in [3.8, 4) is 11.6 Å². The second kappa shape index (κ2) is 6.10. The fraction of sp³-hybridized carbons (Fsp3) is 0.154. The summed E-state index contributed by atoms with van der Waals surface area (Å²) in [4.78, 5) is 8.28. The topological polar surface area (TPSA) is 70.3 Å². The zero-order chi connectivity index (χ0) is 13.7. The van der Waals surface area contributed by atoms with Gasteiger partial charge in [-0.25, -0.2) is 9.97 Å². The van der Waals surface area contributed by atoms with E-state index in [1.165, 1.54) is 12.4 Å². The quantitative estimate of drug-likeness (QED) is 0.837. The van der Waals surface area contributed by atoms with E-state index < -0.39 is 0 Å². The highest BCUT2D eigenvalue weighted by molar-refractivity contribution is 7.80. The summed E-state index contributed by atoms with van der Waals surface area (Å²) in [5.74, 6) is 1.10. The molecule has 5 nitrogen and oxygen atoms in total. The van der Waals surface area contributed by atoms with Crippen LogP contribution in [0.2, 0.25) is 0 Å². The first kappa shape index (κ1) is 13.2. The van der Waals surface area contributed by atoms with Gasteiger partial charge in [0.15, 0.2) is 5.69 Å². The lowest BCUT2D eigenvalue weighted by molar-refractivity contribution is 0.291. The van der Waals surface area contributed by atoms with Gasteiger partial charge < -0.3 is 15.2 Å². The predicted molar refractivity (Wildman–Crippen MR) is 75.2 cm³/mol. The summed E-state index contributed by atoms with van der Waals surface area (Å²) in [6, 6.07) is 7.57. The van der Waals surface area contributed by atoms with Crippen molar-refractivity contribution < 1.29 is 9.47 Å². The van der Waals surface area contributed by atoms with Gasteiger partial charge >= 0.3 is 0 Å². The second-order valence-electron chi connectivity index (χ2n) is 3.71. The van der Waals surface area contributed by atoms with E-state index in [1.54, 1.807) is 7.11 Å². The van der Waals surface area contributed by atoms with Crippen LogP contribution < -0.4 is 15.2 Å². The maximum atomic E-state index is 5.59. The van der Waals surface area contributed by atoms with E-state index in [4.69, 9.17) is 27.4 Å². The lowest BCUT2D eigenvalue weighted by Crippen LogP contribution is -2.14. The molecule has 0 unspecified atom stereocenters. The molecule has 2 N–H and O–H groups in total. The summed E-state index contributed by atoms with van der Waals surface area (Å²) in [6.45, 7) is 0.339. The van der Waals surface area contributed by atoms with Gasteiger partial charge in [0.05, 0.1) is 7.11 Å². The average molecular weight is 275 g/mol. The molecule has 19 heavy (non-hydrogen) atoms. The third-order valence-electron chi connectivity index (χ3n) is 2.41. The Hall–Kier alpha value is -2.21. The molecule has 2 rings (SSSR count). The first-order valence-corrected chi connectivity index (χ1v) is 5.98. The highest BCUT2D eigenvalue weighted by atomic mass is 32.1. The van der Waals surface area contributed by atoms with Gasteiger partial charge in [0, 0.05) is 12.4 Å². The number of methoxy groups -OCH3 is 1. The largest absolute Gasteiger partial charge is 0.497 e. The van der Waals surface area contributed by atoms with Crippen molar-refractivity contribution in [2.75, 3.05) is 7.11 Å². The Labute approximate surface area is 116 Å². The van der Waals surface area contributed by atoms with Gasteiger partial charge in [0.1, 0.15) is 17.3 Å². The summed E-state index contributed by atoms with van der Waals surface area (Å²) in [7, 11) is 1.62. The minimum Gasteiger partial charge on any atom is -0.497 e. The van der Waals surface area contributed by atoms with E-state index in [0.717, 1.165) is 11.3 Å². The number of nitrogens with two attached hydrogens (primary N) is 1. The van der Waals surface area contributed by atoms with Crippen LogP contribution in [0.1, 0.15) is 11.3 Å². The molecule has 1 aromatic heterocycles. The lowest BCUT2D eigenvalue weighted by atomic mass is 10.2. The van der Waals surface area contributed by atoms with Crippen LogP contribution in [0.4, 0.5) is 0 Å². The SMILES string of the molecule is COc1cccc(COc2nccnc2C(N)=S)c1. The molecular weight excluding hydrogens is 262 g/mol. The van der Waals surface area contributed by atoms with Crippen LogP contribution in [0.5, 0.6) is 11.6 Å². The van der Waals surface area contributed by atoms with Gasteiger partial charge in [-0.05, 0) is 17.7 Å². The van der Waals surface area contributed by atoms with Gasteiger partial charge in [0.2, 0.25) is 5.88 Å². The van der Waals surface area contributed by atoms with Crippen LogP contribution in [-0.4, -0.2) is 22.1 Å². The van der Waals surface area contributed by atoms with E-state index in [-0.39, 0.29) is 4.99 Å². The number of benzene rings is 1. The van der Waals surface area contributed by atoms with E-state index in [9.17, 15) is 0 Å². The number of nitrogens with zero attached hydrogens (tertiary/aromatic N) is 2. The number of hydrogen-bond donors (Lipinski definition) is 1. The van der Waals surface area contributed by atoms with Crippen LogP contribution in [0.25, 0.3) is 0 Å². The standard InChI is InChI=1S/C13H13N3O2S/c1-17-10-4-2-3-9(7-10)8-18-13-11(12(14)19)15-5-6-16-13/h2-7H,8H2,1H3,(H2,14,19). The summed E-state index contributed by atoms with van der Waals surface area (Å²) in [5, 5.41) is 0. The van der Waals surface area contributed by atoms with Crippen molar-refractivity contribution in [2.24, 2.45) is 5.73 Å². The molecule has 0 aliphatic heterocycles. The fourth-order valence-corrected chi connectivity index (χ4v) is 1.65. The summed E-state index contributed by atoms with van der Waals surface area (Å²) in [6.07, 6.45) is 3.05. The normalized spacial score (nSPS) is 9.95. The molecule has 0 atom stereocenters. The van der Waals surface area contributed by atoms with Crippen LogP contribution in [0.15, 0.2) is 36.7 Å².